The first kappa shape index (κ1) is 28.1. The number of hydrogen-bond donors (Lipinski definition) is 0. The molecule has 0 aromatic carbocycles. The zero-order valence-electron chi connectivity index (χ0n) is 23.8. The molecule has 0 aliphatic heterocycles. The van der Waals surface area contributed by atoms with Crippen LogP contribution in [-0.2, 0) is 0 Å². The second-order valence-electron chi connectivity index (χ2n) is 14.8. The van der Waals surface area contributed by atoms with Crippen molar-refractivity contribution in [2.24, 2.45) is 35.5 Å². The second-order valence-corrected chi connectivity index (χ2v) is 26.3. The molecule has 0 N–H and O–H groups in total. The average Bonchev–Trinajstić information content (AvgIpc) is 2.58. The number of rotatable bonds is 5. The van der Waals surface area contributed by atoms with Gasteiger partial charge in [0.05, 0.1) is 0 Å². The molecule has 0 nitrogen and oxygen atoms in total. The van der Waals surface area contributed by atoms with Gasteiger partial charge in [-0.2, -0.15) is 0 Å². The molecule has 0 radical (unpaired) electrons. The molecule has 0 saturated heterocycles. The fraction of sp³-hybridized carbons (Fsp3) is 1.00. The van der Waals surface area contributed by atoms with Crippen molar-refractivity contribution in [2.75, 3.05) is 6.66 Å². The normalized spacial score (nSPS) is 34.6. The van der Waals surface area contributed by atoms with Gasteiger partial charge in [0.1, 0.15) is 0 Å². The topological polar surface area (TPSA) is 0 Å². The molecule has 186 valence electrons. The summed E-state index contributed by atoms with van der Waals surface area (Å²) in [6, 6.07) is 0. The Labute approximate surface area is 199 Å². The molecular weight excluding hydrogens is 410 g/mol. The van der Waals surface area contributed by atoms with Crippen LogP contribution in [0.25, 0.3) is 0 Å². The van der Waals surface area contributed by atoms with Crippen LogP contribution in [0.5, 0.6) is 0 Å². The van der Waals surface area contributed by atoms with Gasteiger partial charge in [-0.05, 0) is 0 Å². The molecule has 0 amide bonds. The quantitative estimate of drug-likeness (QED) is 0.351. The maximum atomic E-state index is 2.99. The van der Waals surface area contributed by atoms with E-state index in [1.54, 1.807) is 0 Å². The summed E-state index contributed by atoms with van der Waals surface area (Å²) in [5, 5.41) is 0.887. The Hall–Kier alpha value is 0.860. The molecule has 0 heterocycles. The summed E-state index contributed by atoms with van der Waals surface area (Å²) >= 11 is 0. The SMILES string of the molecule is CC1CCC(C(C)C)C([PH](C)(C2CC(C)CCC2C(C)C)P(C(C)(C)C)C(C)(C)C)C1. The third-order valence-corrected chi connectivity index (χ3v) is 26.3. The van der Waals surface area contributed by atoms with Crippen molar-refractivity contribution in [3.05, 3.63) is 0 Å². The summed E-state index contributed by atoms with van der Waals surface area (Å²) in [7, 11) is -0.0359. The molecule has 0 aromatic heterocycles. The Morgan fingerprint density at radius 2 is 0.968 bits per heavy atom. The average molecular weight is 471 g/mol. The Morgan fingerprint density at radius 1 is 0.645 bits per heavy atom. The molecule has 6 atom stereocenters. The summed E-state index contributed by atoms with van der Waals surface area (Å²) in [6.45, 7) is 32.5. The first-order valence-corrected chi connectivity index (χ1v) is 18.6. The number of hydrogen-bond acceptors (Lipinski definition) is 0. The van der Waals surface area contributed by atoms with Gasteiger partial charge in [-0.1, -0.05) is 0 Å². The molecule has 2 saturated carbocycles. The summed E-state index contributed by atoms with van der Waals surface area (Å²) in [5.74, 6) is 5.49. The predicted octanol–water partition coefficient (Wildman–Crippen LogP) is 10.3. The predicted molar refractivity (Wildman–Crippen MR) is 151 cm³/mol. The van der Waals surface area contributed by atoms with E-state index in [4.69, 9.17) is 0 Å². The van der Waals surface area contributed by atoms with Crippen LogP contribution in [0.3, 0.4) is 0 Å². The molecule has 0 spiro atoms. The van der Waals surface area contributed by atoms with E-state index in [-0.39, 0.29) is 7.61 Å². The molecule has 2 rings (SSSR count). The van der Waals surface area contributed by atoms with Gasteiger partial charge >= 0.3 is 200 Å². The van der Waals surface area contributed by atoms with Crippen LogP contribution in [0, 0.1) is 35.5 Å². The van der Waals surface area contributed by atoms with E-state index in [0.717, 1.165) is 46.8 Å². The summed E-state index contributed by atoms with van der Waals surface area (Å²) in [6.07, 6.45) is 9.01. The third kappa shape index (κ3) is 6.11. The van der Waals surface area contributed by atoms with E-state index in [1.165, 1.54) is 38.5 Å². The first-order chi connectivity index (χ1) is 14.0. The fourth-order valence-electron chi connectivity index (χ4n) is 8.81. The minimum atomic E-state index is -1.62. The molecule has 2 aliphatic carbocycles. The summed E-state index contributed by atoms with van der Waals surface area (Å²) in [4.78, 5) is 0. The van der Waals surface area contributed by atoms with Gasteiger partial charge in [0.2, 0.25) is 0 Å². The monoisotopic (exact) mass is 470 g/mol. The maximum absolute atomic E-state index is 2.99. The van der Waals surface area contributed by atoms with E-state index in [9.17, 15) is 0 Å². The van der Waals surface area contributed by atoms with Crippen LogP contribution < -0.4 is 0 Å². The zero-order valence-corrected chi connectivity index (χ0v) is 25.7. The van der Waals surface area contributed by atoms with E-state index in [1.807, 2.05) is 0 Å². The Morgan fingerprint density at radius 3 is 1.23 bits per heavy atom. The Bertz CT molecular complexity index is 518. The zero-order chi connectivity index (χ0) is 23.9. The van der Waals surface area contributed by atoms with Crippen LogP contribution in [-0.4, -0.2) is 28.3 Å². The summed E-state index contributed by atoms with van der Waals surface area (Å²) < 4.78 is 0. The molecule has 0 aromatic rings. The van der Waals surface area contributed by atoms with E-state index in [0.29, 0.717) is 10.3 Å². The van der Waals surface area contributed by atoms with Crippen LogP contribution in [0.4, 0.5) is 0 Å². The molecule has 2 aliphatic rings. The third-order valence-electron chi connectivity index (χ3n) is 9.37. The van der Waals surface area contributed by atoms with Crippen molar-refractivity contribution in [3.8, 4) is 0 Å². The van der Waals surface area contributed by atoms with E-state index >= 15 is 0 Å². The standard InChI is InChI=1S/C29H60P2/c1-20(2)24-16-14-22(5)18-26(24)31(13,30(28(7,8)9)29(10,11)12)27-19-23(6)15-17-25(27)21(3)4/h20-27,31H,14-19H2,1-13H3. The first-order valence-electron chi connectivity index (χ1n) is 13.8. The van der Waals surface area contributed by atoms with Crippen LogP contribution in [0.2, 0.25) is 0 Å². The molecular formula is C29H60P2. The van der Waals surface area contributed by atoms with E-state index in [2.05, 4.69) is 89.7 Å². The van der Waals surface area contributed by atoms with Crippen molar-refractivity contribution in [1.29, 1.82) is 0 Å². The van der Waals surface area contributed by atoms with Gasteiger partial charge in [-0.3, -0.25) is 0 Å². The molecule has 2 heteroatoms. The molecule has 31 heavy (non-hydrogen) atoms. The molecule has 0 bridgehead atoms. The molecule has 2 fully saturated rings. The van der Waals surface area contributed by atoms with Gasteiger partial charge < -0.3 is 0 Å². The minimum absolute atomic E-state index is 0.0359. The van der Waals surface area contributed by atoms with Crippen LogP contribution in [0.15, 0.2) is 0 Å². The second kappa shape index (κ2) is 10.2. The van der Waals surface area contributed by atoms with Gasteiger partial charge in [0.15, 0.2) is 0 Å². The van der Waals surface area contributed by atoms with Crippen molar-refractivity contribution in [3.63, 3.8) is 0 Å². The molecule has 6 unspecified atom stereocenters. The van der Waals surface area contributed by atoms with Crippen molar-refractivity contribution in [1.82, 2.24) is 0 Å². The van der Waals surface area contributed by atoms with Crippen molar-refractivity contribution >= 4 is 14.6 Å². The van der Waals surface area contributed by atoms with E-state index < -0.39 is 6.95 Å². The summed E-state index contributed by atoms with van der Waals surface area (Å²) in [5.41, 5.74) is 2.05. The van der Waals surface area contributed by atoms with Crippen molar-refractivity contribution in [2.45, 2.75) is 143 Å². The fourth-order valence-corrected chi connectivity index (χ4v) is 32.0. The van der Waals surface area contributed by atoms with Gasteiger partial charge in [0.25, 0.3) is 0 Å². The Balaban J connectivity index is 2.76. The van der Waals surface area contributed by atoms with Gasteiger partial charge in [-0.15, -0.1) is 0 Å². The van der Waals surface area contributed by atoms with Crippen LogP contribution >= 0.6 is 14.6 Å². The van der Waals surface area contributed by atoms with Gasteiger partial charge in [0, 0.05) is 0 Å². The van der Waals surface area contributed by atoms with Crippen molar-refractivity contribution < 1.29 is 0 Å². The Kier molecular flexibility index (Phi) is 9.27. The van der Waals surface area contributed by atoms with Crippen LogP contribution in [0.1, 0.15) is 122 Å². The van der Waals surface area contributed by atoms with Gasteiger partial charge in [-0.25, -0.2) is 0 Å².